The van der Waals surface area contributed by atoms with E-state index in [0.29, 0.717) is 5.75 Å². The van der Waals surface area contributed by atoms with Crippen LogP contribution < -0.4 is 4.74 Å². The normalized spacial score (nSPS) is 15.2. The van der Waals surface area contributed by atoms with Gasteiger partial charge in [0.2, 0.25) is 10.0 Å². The smallest absolute Gasteiger partial charge is 0.270 e. The number of nitrogens with zero attached hydrogens (tertiary/aromatic N) is 3. The predicted molar refractivity (Wildman–Crippen MR) is 106 cm³/mol. The summed E-state index contributed by atoms with van der Waals surface area (Å²) >= 11 is 6.03. The maximum atomic E-state index is 12.8. The molecule has 2 aromatic rings. The van der Waals surface area contributed by atoms with Crippen molar-refractivity contribution in [2.24, 2.45) is 0 Å². The van der Waals surface area contributed by atoms with Crippen LogP contribution in [0.5, 0.6) is 5.75 Å². The molecule has 9 nitrogen and oxygen atoms in total. The summed E-state index contributed by atoms with van der Waals surface area (Å²) < 4.78 is 31.9. The number of piperazine rings is 1. The Bertz CT molecular complexity index is 1030. The second-order valence-corrected chi connectivity index (χ2v) is 8.64. The molecule has 0 unspecified atom stereocenters. The SMILES string of the molecule is COc1ccc(S(=O)(=O)N2CCN(C(=O)c3cc([N+](=O)[O-])ccc3Cl)CC2)cc1. The molecule has 1 aliphatic rings. The maximum absolute atomic E-state index is 12.8. The highest BCUT2D eigenvalue weighted by Crippen LogP contribution is 2.25. The highest BCUT2D eigenvalue weighted by atomic mass is 35.5. The molecule has 1 saturated heterocycles. The fourth-order valence-electron chi connectivity index (χ4n) is 2.99. The third-order valence-electron chi connectivity index (χ3n) is 4.61. The molecule has 1 aliphatic heterocycles. The molecule has 11 heteroatoms. The number of carbonyl (C=O) groups excluding carboxylic acids is 1. The number of non-ortho nitro benzene ring substituents is 1. The van der Waals surface area contributed by atoms with Crippen molar-refractivity contribution in [3.63, 3.8) is 0 Å². The van der Waals surface area contributed by atoms with Crippen LogP contribution in [0.2, 0.25) is 5.02 Å². The molecule has 0 bridgehead atoms. The van der Waals surface area contributed by atoms with Gasteiger partial charge in [-0.25, -0.2) is 8.42 Å². The van der Waals surface area contributed by atoms with Gasteiger partial charge in [-0.3, -0.25) is 14.9 Å². The molecule has 0 aliphatic carbocycles. The van der Waals surface area contributed by atoms with E-state index in [1.165, 1.54) is 40.6 Å². The van der Waals surface area contributed by atoms with E-state index in [0.717, 1.165) is 6.07 Å². The average molecular weight is 440 g/mol. The van der Waals surface area contributed by atoms with Crippen molar-refractivity contribution in [1.82, 2.24) is 9.21 Å². The van der Waals surface area contributed by atoms with Gasteiger partial charge in [0.25, 0.3) is 11.6 Å². The molecule has 2 aromatic carbocycles. The van der Waals surface area contributed by atoms with E-state index in [1.807, 2.05) is 0 Å². The topological polar surface area (TPSA) is 110 Å². The van der Waals surface area contributed by atoms with Crippen LogP contribution in [0.4, 0.5) is 5.69 Å². The van der Waals surface area contributed by atoms with Crippen molar-refractivity contribution in [2.75, 3.05) is 33.3 Å². The first-order valence-electron chi connectivity index (χ1n) is 8.61. The van der Waals surface area contributed by atoms with Gasteiger partial charge >= 0.3 is 0 Å². The second-order valence-electron chi connectivity index (χ2n) is 6.29. The van der Waals surface area contributed by atoms with Crippen LogP contribution in [0.25, 0.3) is 0 Å². The molecular formula is C18H18ClN3O6S. The van der Waals surface area contributed by atoms with Crippen molar-refractivity contribution in [3.8, 4) is 5.75 Å². The summed E-state index contributed by atoms with van der Waals surface area (Å²) in [5, 5.41) is 11.1. The molecule has 29 heavy (non-hydrogen) atoms. The molecule has 3 rings (SSSR count). The van der Waals surface area contributed by atoms with Gasteiger partial charge in [-0.05, 0) is 30.3 Å². The highest BCUT2D eigenvalue weighted by molar-refractivity contribution is 7.89. The highest BCUT2D eigenvalue weighted by Gasteiger charge is 2.31. The number of hydrogen-bond acceptors (Lipinski definition) is 6. The molecule has 0 aromatic heterocycles. The molecule has 154 valence electrons. The van der Waals surface area contributed by atoms with Crippen molar-refractivity contribution in [1.29, 1.82) is 0 Å². The van der Waals surface area contributed by atoms with Crippen LogP contribution >= 0.6 is 11.6 Å². The van der Waals surface area contributed by atoms with E-state index in [4.69, 9.17) is 16.3 Å². The van der Waals surface area contributed by atoms with Gasteiger partial charge in [-0.2, -0.15) is 4.31 Å². The van der Waals surface area contributed by atoms with Gasteiger partial charge in [0.05, 0.1) is 27.5 Å². The van der Waals surface area contributed by atoms with Gasteiger partial charge in [0.1, 0.15) is 5.75 Å². The summed E-state index contributed by atoms with van der Waals surface area (Å²) in [5.41, 5.74) is -0.217. The number of halogens is 1. The minimum Gasteiger partial charge on any atom is -0.497 e. The number of carbonyl (C=O) groups is 1. The molecule has 0 atom stereocenters. The monoisotopic (exact) mass is 439 g/mol. The van der Waals surface area contributed by atoms with Gasteiger partial charge in [-0.1, -0.05) is 11.6 Å². The number of ether oxygens (including phenoxy) is 1. The molecule has 1 fully saturated rings. The number of hydrogen-bond donors (Lipinski definition) is 0. The molecular weight excluding hydrogens is 422 g/mol. The fourth-order valence-corrected chi connectivity index (χ4v) is 4.61. The first-order chi connectivity index (χ1) is 13.7. The van der Waals surface area contributed by atoms with E-state index >= 15 is 0 Å². The van der Waals surface area contributed by atoms with Crippen LogP contribution in [0, 0.1) is 10.1 Å². The van der Waals surface area contributed by atoms with Crippen LogP contribution in [-0.4, -0.2) is 61.7 Å². The third kappa shape index (κ3) is 4.34. The van der Waals surface area contributed by atoms with Gasteiger partial charge in [0.15, 0.2) is 0 Å². The second kappa shape index (κ2) is 8.36. The Morgan fingerprint density at radius 3 is 2.28 bits per heavy atom. The third-order valence-corrected chi connectivity index (χ3v) is 6.86. The number of amides is 1. The van der Waals surface area contributed by atoms with Crippen LogP contribution in [0.3, 0.4) is 0 Å². The first kappa shape index (κ1) is 21.0. The average Bonchev–Trinajstić information content (AvgIpc) is 2.73. The lowest BCUT2D eigenvalue weighted by molar-refractivity contribution is -0.384. The maximum Gasteiger partial charge on any atom is 0.270 e. The van der Waals surface area contributed by atoms with Crippen molar-refractivity contribution in [3.05, 3.63) is 63.2 Å². The quantitative estimate of drug-likeness (QED) is 0.522. The number of rotatable bonds is 5. The largest absolute Gasteiger partial charge is 0.497 e. The number of benzene rings is 2. The Kier molecular flexibility index (Phi) is 6.06. The first-order valence-corrected chi connectivity index (χ1v) is 10.4. The van der Waals surface area contributed by atoms with Crippen molar-refractivity contribution in [2.45, 2.75) is 4.90 Å². The van der Waals surface area contributed by atoms with E-state index in [1.54, 1.807) is 12.1 Å². The Hall–Kier alpha value is -2.69. The number of nitro benzene ring substituents is 1. The minimum absolute atomic E-state index is 0.0207. The van der Waals surface area contributed by atoms with Crippen LogP contribution in [0.15, 0.2) is 47.4 Å². The van der Waals surface area contributed by atoms with E-state index < -0.39 is 20.9 Å². The molecule has 0 N–H and O–H groups in total. The summed E-state index contributed by atoms with van der Waals surface area (Å²) in [6, 6.07) is 9.72. The summed E-state index contributed by atoms with van der Waals surface area (Å²) in [7, 11) is -2.21. The van der Waals surface area contributed by atoms with Crippen LogP contribution in [-0.2, 0) is 10.0 Å². The van der Waals surface area contributed by atoms with Gasteiger partial charge in [0, 0.05) is 38.3 Å². The predicted octanol–water partition coefficient (Wildman–Crippen LogP) is 2.40. The summed E-state index contributed by atoms with van der Waals surface area (Å²) in [6.45, 7) is 0.500. The van der Waals surface area contributed by atoms with E-state index in [2.05, 4.69) is 0 Å². The Morgan fingerprint density at radius 1 is 1.10 bits per heavy atom. The molecule has 0 saturated carbocycles. The molecule has 0 spiro atoms. The summed E-state index contributed by atoms with van der Waals surface area (Å²) in [4.78, 5) is 24.6. The summed E-state index contributed by atoms with van der Waals surface area (Å²) in [6.07, 6.45) is 0. The minimum atomic E-state index is -3.70. The zero-order valence-electron chi connectivity index (χ0n) is 15.4. The fraction of sp³-hybridized carbons (Fsp3) is 0.278. The molecule has 1 amide bonds. The Labute approximate surface area is 172 Å². The standard InChI is InChI=1S/C18H18ClN3O6S/c1-28-14-3-5-15(6-4-14)29(26,27)21-10-8-20(9-11-21)18(23)16-12-13(22(24)25)2-7-17(16)19/h2-7,12H,8-11H2,1H3. The van der Waals surface area contributed by atoms with Crippen LogP contribution in [0.1, 0.15) is 10.4 Å². The van der Waals surface area contributed by atoms with Gasteiger partial charge in [-0.15, -0.1) is 0 Å². The molecule has 1 heterocycles. The van der Waals surface area contributed by atoms with E-state index in [9.17, 15) is 23.3 Å². The number of methoxy groups -OCH3 is 1. The van der Waals surface area contributed by atoms with Gasteiger partial charge < -0.3 is 9.64 Å². The summed E-state index contributed by atoms with van der Waals surface area (Å²) in [5.74, 6) is 0.0772. The number of sulfonamides is 1. The Balaban J connectivity index is 1.72. The van der Waals surface area contributed by atoms with Crippen molar-refractivity contribution < 1.29 is 22.9 Å². The molecule has 0 radical (unpaired) electrons. The lowest BCUT2D eigenvalue weighted by Crippen LogP contribution is -2.50. The lowest BCUT2D eigenvalue weighted by Gasteiger charge is -2.34. The Morgan fingerprint density at radius 2 is 1.72 bits per heavy atom. The zero-order valence-corrected chi connectivity index (χ0v) is 17.0. The van der Waals surface area contributed by atoms with E-state index in [-0.39, 0.29) is 47.3 Å². The lowest BCUT2D eigenvalue weighted by atomic mass is 10.1. The van der Waals surface area contributed by atoms with Crippen molar-refractivity contribution >= 4 is 33.2 Å². The number of nitro groups is 1. The zero-order chi connectivity index (χ0) is 21.2.